The summed E-state index contributed by atoms with van der Waals surface area (Å²) in [4.78, 5) is 2.28. The van der Waals surface area contributed by atoms with Crippen molar-refractivity contribution < 1.29 is 0 Å². The Hall–Kier alpha value is -0.0400. The normalized spacial score (nSPS) is 14.1. The fourth-order valence-electron chi connectivity index (χ4n) is 1.85. The summed E-state index contributed by atoms with van der Waals surface area (Å²) in [7, 11) is 4.31. The van der Waals surface area contributed by atoms with Crippen LogP contribution in [0.4, 0.5) is 0 Å². The molecule has 0 spiro atoms. The molecule has 0 radical (unpaired) electrons. The van der Waals surface area contributed by atoms with Gasteiger partial charge in [-0.05, 0) is 45.3 Å². The van der Waals surface area contributed by atoms with Crippen LogP contribution < -0.4 is 0 Å². The summed E-state index contributed by atoms with van der Waals surface area (Å²) >= 11 is 0. The minimum atomic E-state index is 0.863. The second kappa shape index (κ2) is 7.37. The van der Waals surface area contributed by atoms with Crippen LogP contribution >= 0.6 is 0 Å². The van der Waals surface area contributed by atoms with Crippen LogP contribution in [0, 0.1) is 11.8 Å². The fourth-order valence-corrected chi connectivity index (χ4v) is 1.85. The van der Waals surface area contributed by atoms with Crippen molar-refractivity contribution in [2.24, 2.45) is 11.8 Å². The fraction of sp³-hybridized carbons (Fsp3) is 1.00. The largest absolute Gasteiger partial charge is 0.309 e. The van der Waals surface area contributed by atoms with Gasteiger partial charge < -0.3 is 4.90 Å². The Morgan fingerprint density at radius 2 is 1.69 bits per heavy atom. The number of rotatable bonds is 7. The maximum Gasteiger partial charge on any atom is -0.00247 e. The van der Waals surface area contributed by atoms with E-state index in [0.717, 1.165) is 11.8 Å². The van der Waals surface area contributed by atoms with E-state index in [9.17, 15) is 0 Å². The number of nitrogens with zero attached hydrogens (tertiary/aromatic N) is 1. The summed E-state index contributed by atoms with van der Waals surface area (Å²) in [6.45, 7) is 8.25. The zero-order valence-electron chi connectivity index (χ0n) is 10.1. The monoisotopic (exact) mass is 185 g/mol. The topological polar surface area (TPSA) is 3.24 Å². The summed E-state index contributed by atoms with van der Waals surface area (Å²) in [6, 6.07) is 0. The van der Waals surface area contributed by atoms with Gasteiger partial charge in [0.15, 0.2) is 0 Å². The van der Waals surface area contributed by atoms with Gasteiger partial charge in [-0.1, -0.05) is 33.6 Å². The Kier molecular flexibility index (Phi) is 7.35. The zero-order valence-corrected chi connectivity index (χ0v) is 10.1. The van der Waals surface area contributed by atoms with Crippen molar-refractivity contribution in [2.75, 3.05) is 20.6 Å². The van der Waals surface area contributed by atoms with Gasteiger partial charge in [0.05, 0.1) is 0 Å². The molecule has 0 aliphatic rings. The predicted octanol–water partition coefficient (Wildman–Crippen LogP) is 3.40. The molecule has 0 aliphatic heterocycles. The smallest absolute Gasteiger partial charge is 0.00247 e. The molecular formula is C12H27N. The Bertz CT molecular complexity index is 108. The van der Waals surface area contributed by atoms with E-state index in [1.807, 2.05) is 0 Å². The van der Waals surface area contributed by atoms with E-state index in [1.165, 1.54) is 32.2 Å². The van der Waals surface area contributed by atoms with E-state index in [4.69, 9.17) is 0 Å². The molecule has 0 saturated heterocycles. The summed E-state index contributed by atoms with van der Waals surface area (Å²) in [5, 5.41) is 0. The Morgan fingerprint density at radius 1 is 1.08 bits per heavy atom. The standard InChI is InChI=1S/C12H27N/c1-6-8-12(11(2)3)9-7-10-13(4)5/h11-12H,6-10H2,1-5H3/t12-/m0/s1. The molecule has 0 bridgehead atoms. The lowest BCUT2D eigenvalue weighted by Gasteiger charge is -2.21. The molecule has 0 saturated carbocycles. The SMILES string of the molecule is CCC[C@@H](CCCN(C)C)C(C)C. The van der Waals surface area contributed by atoms with Gasteiger partial charge in [-0.3, -0.25) is 0 Å². The van der Waals surface area contributed by atoms with Crippen LogP contribution in [-0.2, 0) is 0 Å². The summed E-state index contributed by atoms with van der Waals surface area (Å²) in [5.74, 6) is 1.81. The highest BCUT2D eigenvalue weighted by atomic mass is 15.0. The van der Waals surface area contributed by atoms with Crippen molar-refractivity contribution in [3.8, 4) is 0 Å². The molecule has 0 aromatic rings. The van der Waals surface area contributed by atoms with Crippen molar-refractivity contribution in [1.82, 2.24) is 4.90 Å². The lowest BCUT2D eigenvalue weighted by Crippen LogP contribution is -2.16. The minimum Gasteiger partial charge on any atom is -0.309 e. The van der Waals surface area contributed by atoms with Crippen LogP contribution in [0.2, 0.25) is 0 Å². The molecule has 1 heteroatoms. The highest BCUT2D eigenvalue weighted by molar-refractivity contribution is 4.63. The average Bonchev–Trinajstić information content (AvgIpc) is 2.02. The lowest BCUT2D eigenvalue weighted by molar-refractivity contribution is 0.300. The number of hydrogen-bond donors (Lipinski definition) is 0. The maximum absolute atomic E-state index is 2.36. The first kappa shape index (κ1) is 13.0. The van der Waals surface area contributed by atoms with Crippen molar-refractivity contribution in [3.63, 3.8) is 0 Å². The lowest BCUT2D eigenvalue weighted by atomic mass is 9.87. The molecule has 80 valence electrons. The second-order valence-electron chi connectivity index (χ2n) is 4.74. The third-order valence-electron chi connectivity index (χ3n) is 2.78. The van der Waals surface area contributed by atoms with E-state index in [1.54, 1.807) is 0 Å². The third kappa shape index (κ3) is 7.06. The molecular weight excluding hydrogens is 158 g/mol. The molecule has 0 aromatic heterocycles. The van der Waals surface area contributed by atoms with Gasteiger partial charge in [-0.25, -0.2) is 0 Å². The molecule has 1 nitrogen and oxygen atoms in total. The van der Waals surface area contributed by atoms with Crippen LogP contribution in [0.25, 0.3) is 0 Å². The van der Waals surface area contributed by atoms with Crippen LogP contribution in [0.5, 0.6) is 0 Å². The molecule has 1 atom stereocenters. The maximum atomic E-state index is 2.36. The van der Waals surface area contributed by atoms with Crippen molar-refractivity contribution in [2.45, 2.75) is 46.5 Å². The molecule has 0 N–H and O–H groups in total. The first-order valence-electron chi connectivity index (χ1n) is 5.72. The van der Waals surface area contributed by atoms with E-state index in [2.05, 4.69) is 39.8 Å². The first-order valence-corrected chi connectivity index (χ1v) is 5.72. The molecule has 0 rings (SSSR count). The van der Waals surface area contributed by atoms with Gasteiger partial charge in [0.1, 0.15) is 0 Å². The highest BCUT2D eigenvalue weighted by Crippen LogP contribution is 2.22. The number of hydrogen-bond acceptors (Lipinski definition) is 1. The summed E-state index contributed by atoms with van der Waals surface area (Å²) in [6.07, 6.45) is 5.51. The first-order chi connectivity index (χ1) is 6.07. The average molecular weight is 185 g/mol. The van der Waals surface area contributed by atoms with Crippen LogP contribution in [0.3, 0.4) is 0 Å². The van der Waals surface area contributed by atoms with E-state index in [0.29, 0.717) is 0 Å². The van der Waals surface area contributed by atoms with Gasteiger partial charge >= 0.3 is 0 Å². The van der Waals surface area contributed by atoms with Gasteiger partial charge in [-0.2, -0.15) is 0 Å². The van der Waals surface area contributed by atoms with Gasteiger partial charge in [0.25, 0.3) is 0 Å². The van der Waals surface area contributed by atoms with E-state index >= 15 is 0 Å². The van der Waals surface area contributed by atoms with Crippen molar-refractivity contribution in [1.29, 1.82) is 0 Å². The Morgan fingerprint density at radius 3 is 2.08 bits per heavy atom. The summed E-state index contributed by atoms with van der Waals surface area (Å²) in [5.41, 5.74) is 0. The molecule has 0 amide bonds. The quantitative estimate of drug-likeness (QED) is 0.587. The third-order valence-corrected chi connectivity index (χ3v) is 2.78. The van der Waals surface area contributed by atoms with Gasteiger partial charge in [0.2, 0.25) is 0 Å². The van der Waals surface area contributed by atoms with Crippen LogP contribution in [0.15, 0.2) is 0 Å². The molecule has 0 fully saturated rings. The molecule has 0 heterocycles. The Balaban J connectivity index is 3.57. The van der Waals surface area contributed by atoms with Crippen molar-refractivity contribution >= 4 is 0 Å². The second-order valence-corrected chi connectivity index (χ2v) is 4.74. The van der Waals surface area contributed by atoms with Gasteiger partial charge in [0, 0.05) is 0 Å². The van der Waals surface area contributed by atoms with Crippen LogP contribution in [-0.4, -0.2) is 25.5 Å². The molecule has 0 unspecified atom stereocenters. The minimum absolute atomic E-state index is 0.863. The molecule has 0 aromatic carbocycles. The summed E-state index contributed by atoms with van der Waals surface area (Å²) < 4.78 is 0. The van der Waals surface area contributed by atoms with E-state index < -0.39 is 0 Å². The van der Waals surface area contributed by atoms with Crippen LogP contribution in [0.1, 0.15) is 46.5 Å². The zero-order chi connectivity index (χ0) is 10.3. The predicted molar refractivity (Wildman–Crippen MR) is 61.0 cm³/mol. The Labute approximate surface area is 84.5 Å². The van der Waals surface area contributed by atoms with E-state index in [-0.39, 0.29) is 0 Å². The van der Waals surface area contributed by atoms with Crippen molar-refractivity contribution in [3.05, 3.63) is 0 Å². The van der Waals surface area contributed by atoms with Gasteiger partial charge in [-0.15, -0.1) is 0 Å². The highest BCUT2D eigenvalue weighted by Gasteiger charge is 2.11. The molecule has 0 aliphatic carbocycles. The molecule has 13 heavy (non-hydrogen) atoms.